The Bertz CT molecular complexity index is 2120. The molecule has 0 aliphatic carbocycles. The first-order valence-corrected chi connectivity index (χ1v) is 19.7. The SMILES string of the molecule is CC(C)(C)CC(C)(C)c1ccc(C=CC2=CC(c3ccc(C(C)(C)CC(C)(C)C)cc3)N(c3ccc(-c4nc5cc(C(C)(C)C)ccc5o4)cc3)N2)cc1. The predicted molar refractivity (Wildman–Crippen MR) is 231 cm³/mol. The number of rotatable bonds is 9. The Morgan fingerprint density at radius 3 is 1.70 bits per heavy atom. The molecule has 54 heavy (non-hydrogen) atoms. The van der Waals surface area contributed by atoms with Crippen LogP contribution in [0.5, 0.6) is 0 Å². The Balaban J connectivity index is 1.27. The van der Waals surface area contributed by atoms with Crippen molar-refractivity contribution in [3.05, 3.63) is 137 Å². The van der Waals surface area contributed by atoms with Crippen LogP contribution in [0.2, 0.25) is 0 Å². The number of hydrogen-bond acceptors (Lipinski definition) is 4. The molecule has 1 atom stereocenters. The van der Waals surface area contributed by atoms with Gasteiger partial charge in [-0.25, -0.2) is 4.98 Å². The van der Waals surface area contributed by atoms with Gasteiger partial charge in [0, 0.05) is 5.56 Å². The zero-order chi connectivity index (χ0) is 39.3. The highest BCUT2D eigenvalue weighted by molar-refractivity contribution is 5.77. The van der Waals surface area contributed by atoms with E-state index in [0.717, 1.165) is 40.9 Å². The van der Waals surface area contributed by atoms with Gasteiger partial charge in [-0.2, -0.15) is 0 Å². The molecule has 4 heteroatoms. The molecule has 1 unspecified atom stereocenters. The van der Waals surface area contributed by atoms with Crippen LogP contribution in [0.1, 0.15) is 137 Å². The summed E-state index contributed by atoms with van der Waals surface area (Å²) in [7, 11) is 0. The zero-order valence-corrected chi connectivity index (χ0v) is 35.2. The van der Waals surface area contributed by atoms with Crippen LogP contribution in [0.15, 0.2) is 113 Å². The highest BCUT2D eigenvalue weighted by atomic mass is 16.3. The minimum absolute atomic E-state index is 0.0102. The molecule has 0 spiro atoms. The first-order chi connectivity index (χ1) is 25.1. The normalized spacial score (nSPS) is 16.0. The van der Waals surface area contributed by atoms with Gasteiger partial charge in [-0.15, -0.1) is 0 Å². The van der Waals surface area contributed by atoms with Crippen molar-refractivity contribution >= 4 is 22.9 Å². The van der Waals surface area contributed by atoms with Crippen molar-refractivity contribution in [1.29, 1.82) is 0 Å². The summed E-state index contributed by atoms with van der Waals surface area (Å²) in [6.45, 7) is 30.0. The summed E-state index contributed by atoms with van der Waals surface area (Å²) < 4.78 is 6.22. The Kier molecular flexibility index (Phi) is 10.3. The molecule has 1 N–H and O–H groups in total. The molecular weight excluding hydrogens is 659 g/mol. The van der Waals surface area contributed by atoms with Gasteiger partial charge in [-0.05, 0) is 116 Å². The molecule has 284 valence electrons. The summed E-state index contributed by atoms with van der Waals surface area (Å²) in [5.74, 6) is 0.636. The van der Waals surface area contributed by atoms with Gasteiger partial charge >= 0.3 is 0 Å². The summed E-state index contributed by atoms with van der Waals surface area (Å²) in [6.07, 6.45) is 8.98. The maximum atomic E-state index is 6.22. The van der Waals surface area contributed by atoms with E-state index in [0.29, 0.717) is 5.89 Å². The van der Waals surface area contributed by atoms with Gasteiger partial charge in [0.05, 0.1) is 17.4 Å². The number of hydrazine groups is 1. The lowest BCUT2D eigenvalue weighted by molar-refractivity contribution is 0.283. The van der Waals surface area contributed by atoms with Crippen molar-refractivity contribution in [2.24, 2.45) is 10.8 Å². The van der Waals surface area contributed by atoms with Gasteiger partial charge in [0.2, 0.25) is 5.89 Å². The fourth-order valence-electron chi connectivity index (χ4n) is 8.55. The maximum absolute atomic E-state index is 6.22. The number of nitrogens with one attached hydrogen (secondary N) is 1. The van der Waals surface area contributed by atoms with Gasteiger partial charge in [0.1, 0.15) is 5.52 Å². The van der Waals surface area contributed by atoms with Crippen molar-refractivity contribution in [3.63, 3.8) is 0 Å². The van der Waals surface area contributed by atoms with E-state index in [-0.39, 0.29) is 33.1 Å². The third-order valence-electron chi connectivity index (χ3n) is 10.6. The van der Waals surface area contributed by atoms with Gasteiger partial charge in [-0.3, -0.25) is 10.4 Å². The van der Waals surface area contributed by atoms with Gasteiger partial charge in [0.15, 0.2) is 5.58 Å². The molecule has 0 saturated carbocycles. The Labute approximate surface area is 325 Å². The number of oxazole rings is 1. The van der Waals surface area contributed by atoms with Crippen LogP contribution in [0.4, 0.5) is 5.69 Å². The van der Waals surface area contributed by atoms with Gasteiger partial charge < -0.3 is 4.42 Å². The zero-order valence-electron chi connectivity index (χ0n) is 35.2. The molecule has 4 nitrogen and oxygen atoms in total. The lowest BCUT2D eigenvalue weighted by Crippen LogP contribution is -2.34. The molecule has 0 fully saturated rings. The van der Waals surface area contributed by atoms with Crippen LogP contribution in [-0.4, -0.2) is 4.98 Å². The molecule has 6 rings (SSSR count). The van der Waals surface area contributed by atoms with Crippen LogP contribution in [0.25, 0.3) is 28.6 Å². The minimum Gasteiger partial charge on any atom is -0.436 e. The minimum atomic E-state index is 0.0102. The first kappa shape index (κ1) is 39.1. The fraction of sp³-hybridized carbons (Fsp3) is 0.420. The van der Waals surface area contributed by atoms with Crippen molar-refractivity contribution in [2.75, 3.05) is 5.01 Å². The third kappa shape index (κ3) is 9.20. The van der Waals surface area contributed by atoms with E-state index < -0.39 is 0 Å². The van der Waals surface area contributed by atoms with E-state index in [2.05, 4.69) is 204 Å². The largest absolute Gasteiger partial charge is 0.436 e. The van der Waals surface area contributed by atoms with E-state index in [1.165, 1.54) is 27.8 Å². The highest BCUT2D eigenvalue weighted by Gasteiger charge is 2.30. The molecule has 5 aromatic rings. The van der Waals surface area contributed by atoms with Gasteiger partial charge in [-0.1, -0.05) is 151 Å². The molecule has 1 aromatic heterocycles. The van der Waals surface area contributed by atoms with Crippen molar-refractivity contribution in [2.45, 2.75) is 125 Å². The number of allylic oxidation sites excluding steroid dienone is 1. The number of nitrogens with zero attached hydrogens (tertiary/aromatic N) is 2. The first-order valence-electron chi connectivity index (χ1n) is 19.7. The molecule has 0 amide bonds. The number of benzene rings is 4. The molecule has 2 heterocycles. The van der Waals surface area contributed by atoms with E-state index in [1.54, 1.807) is 0 Å². The number of fused-ring (bicyclic) bond motifs is 1. The summed E-state index contributed by atoms with van der Waals surface area (Å²) in [5.41, 5.74) is 15.7. The average Bonchev–Trinajstić information content (AvgIpc) is 3.70. The van der Waals surface area contributed by atoms with E-state index in [1.807, 2.05) is 6.07 Å². The summed E-state index contributed by atoms with van der Waals surface area (Å²) >= 11 is 0. The summed E-state index contributed by atoms with van der Waals surface area (Å²) in [4.78, 5) is 4.88. The standard InChI is InChI=1S/C50H63N3O/c1-46(2,3)32-49(10,11)37-21-14-34(15-22-37)16-26-40-31-43(35-17-23-38(24-18-35)50(12,13)33-47(4,5)6)53(52-40)41-27-19-36(20-28-41)45-51-42-30-39(48(7,8)9)25-29-44(42)54-45/h14-31,43,52H,32-33H2,1-13H3. The smallest absolute Gasteiger partial charge is 0.227 e. The topological polar surface area (TPSA) is 41.3 Å². The van der Waals surface area contributed by atoms with Crippen molar-refractivity contribution < 1.29 is 4.42 Å². The molecule has 0 radical (unpaired) electrons. The molecule has 1 aliphatic heterocycles. The quantitative estimate of drug-likeness (QED) is 0.165. The average molecular weight is 722 g/mol. The van der Waals surface area contributed by atoms with Crippen LogP contribution in [0, 0.1) is 10.8 Å². The number of anilines is 1. The van der Waals surface area contributed by atoms with Crippen molar-refractivity contribution in [3.8, 4) is 11.5 Å². The Morgan fingerprint density at radius 1 is 0.630 bits per heavy atom. The second-order valence-corrected chi connectivity index (χ2v) is 20.4. The highest BCUT2D eigenvalue weighted by Crippen LogP contribution is 2.40. The molecule has 4 aromatic carbocycles. The number of hydrogen-bond donors (Lipinski definition) is 1. The van der Waals surface area contributed by atoms with Crippen LogP contribution >= 0.6 is 0 Å². The molecule has 0 bridgehead atoms. The summed E-state index contributed by atoms with van der Waals surface area (Å²) in [5, 5.41) is 2.26. The van der Waals surface area contributed by atoms with Crippen molar-refractivity contribution in [1.82, 2.24) is 10.4 Å². The Morgan fingerprint density at radius 2 is 1.17 bits per heavy atom. The Hall–Kier alpha value is -4.57. The van der Waals surface area contributed by atoms with Crippen LogP contribution < -0.4 is 10.4 Å². The maximum Gasteiger partial charge on any atom is 0.227 e. The molecule has 0 saturated heterocycles. The fourth-order valence-corrected chi connectivity index (χ4v) is 8.55. The van der Waals surface area contributed by atoms with Crippen LogP contribution in [0.3, 0.4) is 0 Å². The van der Waals surface area contributed by atoms with E-state index in [4.69, 9.17) is 9.40 Å². The summed E-state index contributed by atoms with van der Waals surface area (Å²) in [6, 6.07) is 33.2. The second-order valence-electron chi connectivity index (χ2n) is 20.4. The lowest BCUT2D eigenvalue weighted by atomic mass is 9.72. The predicted octanol–water partition coefficient (Wildman–Crippen LogP) is 13.9. The lowest BCUT2D eigenvalue weighted by Gasteiger charge is -2.33. The number of aromatic nitrogens is 1. The molecular formula is C50H63N3O. The second kappa shape index (κ2) is 14.3. The van der Waals surface area contributed by atoms with E-state index >= 15 is 0 Å². The van der Waals surface area contributed by atoms with E-state index in [9.17, 15) is 0 Å². The molecule has 1 aliphatic rings. The third-order valence-corrected chi connectivity index (χ3v) is 10.6. The van der Waals surface area contributed by atoms with Gasteiger partial charge in [0.25, 0.3) is 0 Å². The monoisotopic (exact) mass is 721 g/mol. The van der Waals surface area contributed by atoms with Crippen LogP contribution in [-0.2, 0) is 16.2 Å².